The predicted molar refractivity (Wildman–Crippen MR) is 89.9 cm³/mol. The van der Waals surface area contributed by atoms with Crippen LogP contribution in [0.25, 0.3) is 0 Å². The predicted octanol–water partition coefficient (Wildman–Crippen LogP) is 3.92. The number of nitrogens with two attached hydrogens (primary N) is 1. The third-order valence-corrected chi connectivity index (χ3v) is 4.46. The summed E-state index contributed by atoms with van der Waals surface area (Å²) in [4.78, 5) is 14.6. The summed E-state index contributed by atoms with van der Waals surface area (Å²) in [7, 11) is 3.47. The van der Waals surface area contributed by atoms with Gasteiger partial charge in [0.05, 0.1) is 5.56 Å². The van der Waals surface area contributed by atoms with E-state index in [1.807, 2.05) is 30.3 Å². The van der Waals surface area contributed by atoms with Gasteiger partial charge in [-0.25, -0.2) is 0 Å². The van der Waals surface area contributed by atoms with Gasteiger partial charge < -0.3 is 10.6 Å². The Labute approximate surface area is 134 Å². The van der Waals surface area contributed by atoms with Gasteiger partial charge in [0.2, 0.25) is 0 Å². The molecule has 0 heterocycles. The SMILES string of the molecule is CN(C)C(=O)c1ccc(N)cc1SCc1ccccc1Cl. The third kappa shape index (κ3) is 3.93. The van der Waals surface area contributed by atoms with Crippen LogP contribution in [0.4, 0.5) is 5.69 Å². The second-order valence-electron chi connectivity index (χ2n) is 4.84. The van der Waals surface area contributed by atoms with E-state index in [-0.39, 0.29) is 5.91 Å². The molecule has 2 aromatic carbocycles. The summed E-state index contributed by atoms with van der Waals surface area (Å²) in [5.74, 6) is 0.660. The topological polar surface area (TPSA) is 46.3 Å². The van der Waals surface area contributed by atoms with Crippen molar-refractivity contribution in [2.75, 3.05) is 19.8 Å². The normalized spacial score (nSPS) is 10.4. The first kappa shape index (κ1) is 15.7. The van der Waals surface area contributed by atoms with Gasteiger partial charge in [-0.1, -0.05) is 29.8 Å². The zero-order valence-electron chi connectivity index (χ0n) is 12.0. The minimum atomic E-state index is -0.0309. The molecule has 0 aromatic heterocycles. The Bertz CT molecular complexity index is 658. The Morgan fingerprint density at radius 1 is 1.24 bits per heavy atom. The van der Waals surface area contributed by atoms with Gasteiger partial charge in [0.1, 0.15) is 0 Å². The lowest BCUT2D eigenvalue weighted by molar-refractivity contribution is 0.0824. The van der Waals surface area contributed by atoms with Gasteiger partial charge in [-0.3, -0.25) is 4.79 Å². The van der Waals surface area contributed by atoms with Crippen LogP contribution in [0.5, 0.6) is 0 Å². The highest BCUT2D eigenvalue weighted by atomic mass is 35.5. The van der Waals surface area contributed by atoms with Crippen LogP contribution in [0.2, 0.25) is 5.02 Å². The van der Waals surface area contributed by atoms with Crippen LogP contribution in [0.1, 0.15) is 15.9 Å². The van der Waals surface area contributed by atoms with Crippen LogP contribution in [-0.2, 0) is 5.75 Å². The number of amides is 1. The van der Waals surface area contributed by atoms with Crippen molar-refractivity contribution in [3.63, 3.8) is 0 Å². The van der Waals surface area contributed by atoms with Crippen LogP contribution < -0.4 is 5.73 Å². The standard InChI is InChI=1S/C16H17ClN2OS/c1-19(2)16(20)13-8-7-12(18)9-15(13)21-10-11-5-3-4-6-14(11)17/h3-9H,10,18H2,1-2H3. The molecule has 0 aliphatic heterocycles. The van der Waals surface area contributed by atoms with Crippen molar-refractivity contribution in [3.05, 3.63) is 58.6 Å². The van der Waals surface area contributed by atoms with E-state index in [2.05, 4.69) is 0 Å². The van der Waals surface area contributed by atoms with Gasteiger partial charge in [-0.2, -0.15) is 0 Å². The summed E-state index contributed by atoms with van der Waals surface area (Å²) in [6.45, 7) is 0. The molecule has 110 valence electrons. The number of benzene rings is 2. The van der Waals surface area contributed by atoms with E-state index in [9.17, 15) is 4.79 Å². The molecule has 0 atom stereocenters. The molecule has 0 bridgehead atoms. The second-order valence-corrected chi connectivity index (χ2v) is 6.26. The summed E-state index contributed by atoms with van der Waals surface area (Å²) in [5, 5.41) is 0.731. The van der Waals surface area contributed by atoms with Crippen molar-refractivity contribution in [3.8, 4) is 0 Å². The molecule has 0 aliphatic carbocycles. The largest absolute Gasteiger partial charge is 0.399 e. The maximum absolute atomic E-state index is 12.2. The van der Waals surface area contributed by atoms with Crippen molar-refractivity contribution >= 4 is 35.0 Å². The fourth-order valence-corrected chi connectivity index (χ4v) is 3.22. The molecule has 3 nitrogen and oxygen atoms in total. The van der Waals surface area contributed by atoms with E-state index in [1.54, 1.807) is 42.9 Å². The molecule has 0 unspecified atom stereocenters. The van der Waals surface area contributed by atoms with Gasteiger partial charge in [0.15, 0.2) is 0 Å². The summed E-state index contributed by atoms with van der Waals surface area (Å²) >= 11 is 7.72. The van der Waals surface area contributed by atoms with Crippen molar-refractivity contribution in [2.24, 2.45) is 0 Å². The van der Waals surface area contributed by atoms with Crippen LogP contribution >= 0.6 is 23.4 Å². The number of hydrogen-bond donors (Lipinski definition) is 1. The highest BCUT2D eigenvalue weighted by Crippen LogP contribution is 2.31. The molecule has 0 saturated heterocycles. The molecule has 2 rings (SSSR count). The van der Waals surface area contributed by atoms with Crippen LogP contribution in [0, 0.1) is 0 Å². The minimum absolute atomic E-state index is 0.0309. The first-order valence-electron chi connectivity index (χ1n) is 6.46. The number of anilines is 1. The number of thioether (sulfide) groups is 1. The van der Waals surface area contributed by atoms with Gasteiger partial charge in [0.25, 0.3) is 5.91 Å². The number of rotatable bonds is 4. The number of nitrogen functional groups attached to an aromatic ring is 1. The van der Waals surface area contributed by atoms with E-state index in [4.69, 9.17) is 17.3 Å². The fourth-order valence-electron chi connectivity index (χ4n) is 1.85. The number of nitrogens with zero attached hydrogens (tertiary/aromatic N) is 1. The molecular weight excluding hydrogens is 304 g/mol. The monoisotopic (exact) mass is 320 g/mol. The lowest BCUT2D eigenvalue weighted by Crippen LogP contribution is -2.22. The van der Waals surface area contributed by atoms with Gasteiger partial charge in [-0.15, -0.1) is 11.8 Å². The summed E-state index contributed by atoms with van der Waals surface area (Å²) < 4.78 is 0. The summed E-state index contributed by atoms with van der Waals surface area (Å²) in [6, 6.07) is 13.0. The van der Waals surface area contributed by atoms with Crippen molar-refractivity contribution < 1.29 is 4.79 Å². The second kappa shape index (κ2) is 6.87. The molecule has 21 heavy (non-hydrogen) atoms. The van der Waals surface area contributed by atoms with Crippen LogP contribution in [-0.4, -0.2) is 24.9 Å². The summed E-state index contributed by atoms with van der Waals surface area (Å²) in [6.07, 6.45) is 0. The van der Waals surface area contributed by atoms with E-state index in [0.717, 1.165) is 15.5 Å². The molecular formula is C16H17ClN2OS. The van der Waals surface area contributed by atoms with E-state index >= 15 is 0 Å². The number of carbonyl (C=O) groups is 1. The molecule has 1 amide bonds. The molecule has 0 spiro atoms. The number of hydrogen-bond acceptors (Lipinski definition) is 3. The zero-order chi connectivity index (χ0) is 15.4. The maximum atomic E-state index is 12.2. The van der Waals surface area contributed by atoms with Crippen molar-refractivity contribution in [2.45, 2.75) is 10.6 Å². The van der Waals surface area contributed by atoms with E-state index in [0.29, 0.717) is 17.0 Å². The fraction of sp³-hybridized carbons (Fsp3) is 0.188. The van der Waals surface area contributed by atoms with Gasteiger partial charge in [0, 0.05) is 35.5 Å². The van der Waals surface area contributed by atoms with Crippen molar-refractivity contribution in [1.82, 2.24) is 4.90 Å². The van der Waals surface area contributed by atoms with Gasteiger partial charge >= 0.3 is 0 Å². The maximum Gasteiger partial charge on any atom is 0.254 e. The highest BCUT2D eigenvalue weighted by molar-refractivity contribution is 7.98. The molecule has 2 aromatic rings. The lowest BCUT2D eigenvalue weighted by Gasteiger charge is -2.14. The molecule has 0 fully saturated rings. The third-order valence-electron chi connectivity index (χ3n) is 2.98. The van der Waals surface area contributed by atoms with E-state index < -0.39 is 0 Å². The average Bonchev–Trinajstić information content (AvgIpc) is 2.46. The lowest BCUT2D eigenvalue weighted by atomic mass is 10.2. The Balaban J connectivity index is 2.25. The average molecular weight is 321 g/mol. The molecule has 0 aliphatic rings. The van der Waals surface area contributed by atoms with E-state index in [1.165, 1.54) is 0 Å². The first-order valence-corrected chi connectivity index (χ1v) is 7.83. The van der Waals surface area contributed by atoms with Crippen molar-refractivity contribution in [1.29, 1.82) is 0 Å². The Morgan fingerprint density at radius 3 is 2.62 bits per heavy atom. The smallest absolute Gasteiger partial charge is 0.254 e. The molecule has 0 radical (unpaired) electrons. The van der Waals surface area contributed by atoms with Gasteiger partial charge in [-0.05, 0) is 29.8 Å². The quantitative estimate of drug-likeness (QED) is 0.686. The summed E-state index contributed by atoms with van der Waals surface area (Å²) in [5.41, 5.74) is 8.18. The Kier molecular flexibility index (Phi) is 5.15. The number of carbonyl (C=O) groups excluding carboxylic acids is 1. The number of halogens is 1. The first-order chi connectivity index (χ1) is 9.99. The molecule has 2 N–H and O–H groups in total. The molecule has 0 saturated carbocycles. The van der Waals surface area contributed by atoms with Crippen LogP contribution in [0.15, 0.2) is 47.4 Å². The molecule has 5 heteroatoms. The Hall–Kier alpha value is -1.65. The highest BCUT2D eigenvalue weighted by Gasteiger charge is 2.14. The minimum Gasteiger partial charge on any atom is -0.399 e. The zero-order valence-corrected chi connectivity index (χ0v) is 13.5. The van der Waals surface area contributed by atoms with Crippen LogP contribution in [0.3, 0.4) is 0 Å². The Morgan fingerprint density at radius 2 is 1.95 bits per heavy atom.